The topological polar surface area (TPSA) is 133 Å². The molecule has 0 radical (unpaired) electrons. The Bertz CT molecular complexity index is 1420. The largest absolute Gasteiger partial charge is 0.364 e. The molecular weight excluding hydrogens is 433 g/mol. The molecule has 1 saturated carbocycles. The predicted molar refractivity (Wildman–Crippen MR) is 125 cm³/mol. The number of hydrogen-bond donors (Lipinski definition) is 3. The van der Waals surface area contributed by atoms with Crippen LogP contribution in [0.2, 0.25) is 0 Å². The number of aromatic nitrogens is 4. The van der Waals surface area contributed by atoms with Crippen molar-refractivity contribution in [3.8, 4) is 6.07 Å². The van der Waals surface area contributed by atoms with Crippen LogP contribution in [0.15, 0.2) is 42.5 Å². The highest BCUT2D eigenvalue weighted by atomic mass is 19.1. The number of primary amides is 1. The monoisotopic (exact) mass is 455 g/mol. The highest BCUT2D eigenvalue weighted by Crippen LogP contribution is 2.33. The van der Waals surface area contributed by atoms with Gasteiger partial charge in [0, 0.05) is 23.7 Å². The van der Waals surface area contributed by atoms with Gasteiger partial charge in [-0.05, 0) is 60.9 Å². The molecule has 8 nitrogen and oxygen atoms in total. The Hall–Kier alpha value is -4.32. The fourth-order valence-corrected chi connectivity index (χ4v) is 4.41. The van der Waals surface area contributed by atoms with Crippen LogP contribution >= 0.6 is 0 Å². The third-order valence-corrected chi connectivity index (χ3v) is 6.01. The summed E-state index contributed by atoms with van der Waals surface area (Å²) in [5.41, 5.74) is 8.95. The number of nitrogens with zero attached hydrogens (tertiary/aromatic N) is 4. The Morgan fingerprint density at radius 3 is 2.59 bits per heavy atom. The van der Waals surface area contributed by atoms with E-state index in [0.29, 0.717) is 39.7 Å². The number of nitrogens with one attached hydrogen (secondary N) is 2. The molecule has 1 aliphatic carbocycles. The number of nitriles is 1. The Morgan fingerprint density at radius 1 is 1.12 bits per heavy atom. The number of amides is 1. The quantitative estimate of drug-likeness (QED) is 0.393. The Kier molecular flexibility index (Phi) is 5.64. The first-order chi connectivity index (χ1) is 16.5. The minimum Gasteiger partial charge on any atom is -0.364 e. The summed E-state index contributed by atoms with van der Waals surface area (Å²) in [5, 5.41) is 12.1. The first-order valence-corrected chi connectivity index (χ1v) is 11.1. The van der Waals surface area contributed by atoms with Crippen LogP contribution in [-0.2, 0) is 6.42 Å². The first-order valence-electron chi connectivity index (χ1n) is 11.1. The molecule has 1 fully saturated rings. The number of anilines is 2. The standard InChI is InChI=1S/C25H22FN7O/c26-17-9-15(10-19(12-17)29-18-7-5-14(13-27)6-8-18)11-20-30-21(23(28)34)22-25(31-20)33-24(32-22)16-3-1-2-4-16/h5-10,12,16,29H,1-4,11H2,(H2,28,34)(H,30,31,32,33). The number of nitrogens with two attached hydrogens (primary N) is 1. The number of rotatable bonds is 6. The summed E-state index contributed by atoms with van der Waals surface area (Å²) in [7, 11) is 0. The van der Waals surface area contributed by atoms with E-state index in [1.807, 2.05) is 0 Å². The molecule has 2 heterocycles. The van der Waals surface area contributed by atoms with E-state index in [1.54, 1.807) is 30.3 Å². The van der Waals surface area contributed by atoms with Gasteiger partial charge in [-0.2, -0.15) is 5.26 Å². The Morgan fingerprint density at radius 2 is 1.88 bits per heavy atom. The van der Waals surface area contributed by atoms with Crippen molar-refractivity contribution in [3.63, 3.8) is 0 Å². The van der Waals surface area contributed by atoms with Gasteiger partial charge >= 0.3 is 0 Å². The molecule has 1 aliphatic rings. The number of carbonyl (C=O) groups is 1. The van der Waals surface area contributed by atoms with E-state index in [1.165, 1.54) is 12.1 Å². The highest BCUT2D eigenvalue weighted by Gasteiger charge is 2.23. The van der Waals surface area contributed by atoms with Crippen molar-refractivity contribution in [3.05, 3.63) is 76.8 Å². The van der Waals surface area contributed by atoms with Gasteiger partial charge in [-0.1, -0.05) is 12.8 Å². The zero-order chi connectivity index (χ0) is 23.7. The van der Waals surface area contributed by atoms with Gasteiger partial charge in [0.15, 0.2) is 11.3 Å². The second kappa shape index (κ2) is 8.90. The zero-order valence-electron chi connectivity index (χ0n) is 18.3. The Balaban J connectivity index is 1.44. The van der Waals surface area contributed by atoms with Gasteiger partial charge in [-0.25, -0.2) is 19.3 Å². The lowest BCUT2D eigenvalue weighted by molar-refractivity contribution is 0.0996. The maximum atomic E-state index is 14.4. The number of hydrogen-bond acceptors (Lipinski definition) is 6. The maximum Gasteiger partial charge on any atom is 0.269 e. The lowest BCUT2D eigenvalue weighted by atomic mass is 10.1. The van der Waals surface area contributed by atoms with E-state index < -0.39 is 11.7 Å². The average Bonchev–Trinajstić information content (AvgIpc) is 3.48. The first kappa shape index (κ1) is 21.5. The van der Waals surface area contributed by atoms with E-state index >= 15 is 0 Å². The zero-order valence-corrected chi connectivity index (χ0v) is 18.3. The minimum absolute atomic E-state index is 0.0871. The van der Waals surface area contributed by atoms with Crippen LogP contribution in [0, 0.1) is 17.1 Å². The van der Waals surface area contributed by atoms with E-state index in [9.17, 15) is 9.18 Å². The second-order valence-corrected chi connectivity index (χ2v) is 8.49. The van der Waals surface area contributed by atoms with Crippen LogP contribution in [0.5, 0.6) is 0 Å². The molecular formula is C25H22FN7O. The minimum atomic E-state index is -0.669. The molecule has 4 N–H and O–H groups in total. The fraction of sp³-hybridized carbons (Fsp3) is 0.240. The van der Waals surface area contributed by atoms with Gasteiger partial charge in [0.2, 0.25) is 0 Å². The molecule has 34 heavy (non-hydrogen) atoms. The van der Waals surface area contributed by atoms with Crippen molar-refractivity contribution < 1.29 is 9.18 Å². The van der Waals surface area contributed by atoms with Crippen molar-refractivity contribution in [2.45, 2.75) is 38.0 Å². The smallest absolute Gasteiger partial charge is 0.269 e. The van der Waals surface area contributed by atoms with E-state index in [4.69, 9.17) is 11.0 Å². The van der Waals surface area contributed by atoms with Crippen molar-refractivity contribution in [2.24, 2.45) is 5.73 Å². The van der Waals surface area contributed by atoms with Crippen LogP contribution in [0.3, 0.4) is 0 Å². The third kappa shape index (κ3) is 4.43. The van der Waals surface area contributed by atoms with Gasteiger partial charge in [0.05, 0.1) is 11.6 Å². The molecule has 0 spiro atoms. The maximum absolute atomic E-state index is 14.4. The fourth-order valence-electron chi connectivity index (χ4n) is 4.41. The summed E-state index contributed by atoms with van der Waals surface area (Å²) >= 11 is 0. The number of fused-ring (bicyclic) bond motifs is 1. The SMILES string of the molecule is N#Cc1ccc(Nc2cc(F)cc(Cc3nc(C(N)=O)c4[nH]c(C5CCCC5)nc4n3)c2)cc1. The average molecular weight is 455 g/mol. The van der Waals surface area contributed by atoms with E-state index in [0.717, 1.165) is 37.2 Å². The second-order valence-electron chi connectivity index (χ2n) is 8.49. The molecule has 0 bridgehead atoms. The third-order valence-electron chi connectivity index (χ3n) is 6.01. The van der Waals surface area contributed by atoms with Crippen LogP contribution in [0.25, 0.3) is 11.2 Å². The summed E-state index contributed by atoms with van der Waals surface area (Å²) in [6, 6.07) is 13.5. The molecule has 2 aromatic heterocycles. The number of carbonyl (C=O) groups excluding carboxylic acids is 1. The van der Waals surface area contributed by atoms with Gasteiger partial charge in [-0.15, -0.1) is 0 Å². The predicted octanol–water partition coefficient (Wildman–Crippen LogP) is 4.45. The summed E-state index contributed by atoms with van der Waals surface area (Å²) in [6.07, 6.45) is 4.59. The molecule has 2 aromatic carbocycles. The lowest BCUT2D eigenvalue weighted by Crippen LogP contribution is -2.16. The Labute approximate surface area is 195 Å². The molecule has 9 heteroatoms. The van der Waals surface area contributed by atoms with Crippen molar-refractivity contribution in [1.29, 1.82) is 5.26 Å². The van der Waals surface area contributed by atoms with Crippen molar-refractivity contribution >= 4 is 28.4 Å². The lowest BCUT2D eigenvalue weighted by Gasteiger charge is -2.09. The molecule has 1 amide bonds. The van der Waals surface area contributed by atoms with Crippen LogP contribution in [0.4, 0.5) is 15.8 Å². The van der Waals surface area contributed by atoms with Crippen LogP contribution < -0.4 is 11.1 Å². The van der Waals surface area contributed by atoms with E-state index in [2.05, 4.69) is 31.3 Å². The van der Waals surface area contributed by atoms with Gasteiger partial charge in [0.25, 0.3) is 5.91 Å². The van der Waals surface area contributed by atoms with Crippen LogP contribution in [0.1, 0.15) is 64.9 Å². The van der Waals surface area contributed by atoms with Crippen LogP contribution in [-0.4, -0.2) is 25.8 Å². The van der Waals surface area contributed by atoms with Gasteiger partial charge < -0.3 is 16.0 Å². The number of aromatic amines is 1. The number of benzene rings is 2. The van der Waals surface area contributed by atoms with E-state index in [-0.39, 0.29) is 12.1 Å². The molecule has 0 unspecified atom stereocenters. The molecule has 0 aliphatic heterocycles. The summed E-state index contributed by atoms with van der Waals surface area (Å²) in [6.45, 7) is 0. The normalized spacial score (nSPS) is 13.8. The number of imidazole rings is 1. The number of H-pyrrole nitrogens is 1. The summed E-state index contributed by atoms with van der Waals surface area (Å²) in [5.74, 6) is 0.366. The van der Waals surface area contributed by atoms with Gasteiger partial charge in [-0.3, -0.25) is 4.79 Å². The molecule has 4 aromatic rings. The van der Waals surface area contributed by atoms with Gasteiger partial charge in [0.1, 0.15) is 23.0 Å². The van der Waals surface area contributed by atoms with Crippen molar-refractivity contribution in [1.82, 2.24) is 19.9 Å². The summed E-state index contributed by atoms with van der Waals surface area (Å²) < 4.78 is 14.4. The molecule has 170 valence electrons. The molecule has 5 rings (SSSR count). The van der Waals surface area contributed by atoms with Crippen molar-refractivity contribution in [2.75, 3.05) is 5.32 Å². The summed E-state index contributed by atoms with van der Waals surface area (Å²) in [4.78, 5) is 28.8. The molecule has 0 saturated heterocycles. The highest BCUT2D eigenvalue weighted by molar-refractivity contribution is 6.01. The number of halogens is 1. The molecule has 0 atom stereocenters.